The van der Waals surface area contributed by atoms with E-state index in [0.29, 0.717) is 25.0 Å². The Bertz CT molecular complexity index is 422. The van der Waals surface area contributed by atoms with Crippen LogP contribution in [0, 0.1) is 0 Å². The third kappa shape index (κ3) is 7.19. The van der Waals surface area contributed by atoms with Gasteiger partial charge in [0, 0.05) is 24.6 Å². The van der Waals surface area contributed by atoms with E-state index in [1.54, 1.807) is 0 Å². The van der Waals surface area contributed by atoms with Crippen LogP contribution in [0.1, 0.15) is 31.2 Å². The molecule has 4 nitrogen and oxygen atoms in total. The van der Waals surface area contributed by atoms with Crippen LogP contribution in [0.15, 0.2) is 30.3 Å². The van der Waals surface area contributed by atoms with Crippen molar-refractivity contribution >= 4 is 24.5 Å². The summed E-state index contributed by atoms with van der Waals surface area (Å²) < 4.78 is 0. The van der Waals surface area contributed by atoms with Crippen molar-refractivity contribution in [1.82, 2.24) is 5.32 Å². The highest BCUT2D eigenvalue weighted by molar-refractivity contribution is 7.80. The first-order valence-corrected chi connectivity index (χ1v) is 7.41. The Morgan fingerprint density at radius 2 is 1.80 bits per heavy atom. The zero-order valence-electron chi connectivity index (χ0n) is 11.4. The van der Waals surface area contributed by atoms with Crippen molar-refractivity contribution in [1.29, 1.82) is 0 Å². The fraction of sp³-hybridized carbons (Fsp3) is 0.467. The Kier molecular flexibility index (Phi) is 7.80. The lowest BCUT2D eigenvalue weighted by Crippen LogP contribution is -2.37. The summed E-state index contributed by atoms with van der Waals surface area (Å²) in [6.07, 6.45) is 2.38. The van der Waals surface area contributed by atoms with Crippen molar-refractivity contribution in [2.75, 3.05) is 5.75 Å². The summed E-state index contributed by atoms with van der Waals surface area (Å²) in [5, 5.41) is 11.5. The largest absolute Gasteiger partial charge is 0.481 e. The van der Waals surface area contributed by atoms with Crippen LogP contribution in [-0.4, -0.2) is 28.8 Å². The molecule has 1 unspecified atom stereocenters. The molecule has 2 N–H and O–H groups in total. The SMILES string of the molecule is O=C(O)CCCCC(=O)NC(CS)Cc1ccccc1. The third-order valence-corrected chi connectivity index (χ3v) is 3.40. The van der Waals surface area contributed by atoms with Crippen LogP contribution >= 0.6 is 12.6 Å². The molecule has 0 heterocycles. The fourth-order valence-electron chi connectivity index (χ4n) is 1.92. The first kappa shape index (κ1) is 16.6. The van der Waals surface area contributed by atoms with E-state index in [1.165, 1.54) is 0 Å². The molecule has 0 bridgehead atoms. The molecule has 1 aromatic carbocycles. The van der Waals surface area contributed by atoms with Gasteiger partial charge in [-0.05, 0) is 24.8 Å². The molecule has 20 heavy (non-hydrogen) atoms. The Labute approximate surface area is 125 Å². The van der Waals surface area contributed by atoms with Crippen LogP contribution in [0.3, 0.4) is 0 Å². The van der Waals surface area contributed by atoms with Gasteiger partial charge in [0.05, 0.1) is 0 Å². The highest BCUT2D eigenvalue weighted by atomic mass is 32.1. The number of carboxylic acid groups (broad SMARTS) is 1. The first-order chi connectivity index (χ1) is 9.61. The van der Waals surface area contributed by atoms with Crippen molar-refractivity contribution in [3.05, 3.63) is 35.9 Å². The summed E-state index contributed by atoms with van der Waals surface area (Å²) >= 11 is 4.26. The Balaban J connectivity index is 2.29. The van der Waals surface area contributed by atoms with Crippen molar-refractivity contribution in [3.8, 4) is 0 Å². The normalized spacial score (nSPS) is 11.8. The minimum absolute atomic E-state index is 0.00714. The smallest absolute Gasteiger partial charge is 0.303 e. The number of carboxylic acids is 1. The summed E-state index contributed by atoms with van der Waals surface area (Å²) in [7, 11) is 0. The average molecular weight is 295 g/mol. The van der Waals surface area contributed by atoms with E-state index in [9.17, 15) is 9.59 Å². The monoisotopic (exact) mass is 295 g/mol. The summed E-state index contributed by atoms with van der Waals surface area (Å²) in [5.74, 6) is -0.274. The number of aliphatic carboxylic acids is 1. The van der Waals surface area contributed by atoms with E-state index in [0.717, 1.165) is 12.0 Å². The molecule has 0 saturated heterocycles. The molecular weight excluding hydrogens is 274 g/mol. The fourth-order valence-corrected chi connectivity index (χ4v) is 2.14. The molecule has 0 aliphatic heterocycles. The van der Waals surface area contributed by atoms with Gasteiger partial charge in [0.2, 0.25) is 5.91 Å². The zero-order chi connectivity index (χ0) is 14.8. The second kappa shape index (κ2) is 9.42. The van der Waals surface area contributed by atoms with Gasteiger partial charge < -0.3 is 10.4 Å². The van der Waals surface area contributed by atoms with Gasteiger partial charge in [-0.15, -0.1) is 0 Å². The van der Waals surface area contributed by atoms with Crippen molar-refractivity contribution in [3.63, 3.8) is 0 Å². The van der Waals surface area contributed by atoms with Gasteiger partial charge in [0.25, 0.3) is 0 Å². The number of hydrogen-bond acceptors (Lipinski definition) is 3. The molecule has 0 saturated carbocycles. The molecule has 0 spiro atoms. The Morgan fingerprint density at radius 3 is 2.40 bits per heavy atom. The highest BCUT2D eigenvalue weighted by Gasteiger charge is 2.11. The van der Waals surface area contributed by atoms with E-state index in [1.807, 2.05) is 30.3 Å². The second-order valence-corrected chi connectivity index (χ2v) is 5.10. The second-order valence-electron chi connectivity index (χ2n) is 4.74. The zero-order valence-corrected chi connectivity index (χ0v) is 12.3. The van der Waals surface area contributed by atoms with Crippen molar-refractivity contribution < 1.29 is 14.7 Å². The van der Waals surface area contributed by atoms with E-state index >= 15 is 0 Å². The summed E-state index contributed by atoms with van der Waals surface area (Å²) in [6.45, 7) is 0. The molecule has 0 aromatic heterocycles. The maximum absolute atomic E-state index is 11.8. The molecule has 0 fully saturated rings. The number of rotatable bonds is 9. The number of thiol groups is 1. The van der Waals surface area contributed by atoms with Crippen LogP contribution in [0.4, 0.5) is 0 Å². The molecule has 0 aliphatic carbocycles. The van der Waals surface area contributed by atoms with Gasteiger partial charge in [0.15, 0.2) is 0 Å². The Morgan fingerprint density at radius 1 is 1.15 bits per heavy atom. The van der Waals surface area contributed by atoms with Crippen LogP contribution in [0.5, 0.6) is 0 Å². The van der Waals surface area contributed by atoms with E-state index in [2.05, 4.69) is 17.9 Å². The molecule has 1 atom stereocenters. The van der Waals surface area contributed by atoms with Gasteiger partial charge in [-0.2, -0.15) is 12.6 Å². The maximum Gasteiger partial charge on any atom is 0.303 e. The van der Waals surface area contributed by atoms with Crippen LogP contribution < -0.4 is 5.32 Å². The van der Waals surface area contributed by atoms with E-state index in [-0.39, 0.29) is 18.4 Å². The summed E-state index contributed by atoms with van der Waals surface area (Å²) in [4.78, 5) is 22.1. The average Bonchev–Trinajstić information content (AvgIpc) is 2.44. The van der Waals surface area contributed by atoms with Crippen LogP contribution in [0.25, 0.3) is 0 Å². The topological polar surface area (TPSA) is 66.4 Å². The number of carbonyl (C=O) groups excluding carboxylic acids is 1. The van der Waals surface area contributed by atoms with Crippen molar-refractivity contribution in [2.24, 2.45) is 0 Å². The number of unbranched alkanes of at least 4 members (excludes halogenated alkanes) is 1. The molecule has 110 valence electrons. The van der Waals surface area contributed by atoms with Gasteiger partial charge in [-0.1, -0.05) is 30.3 Å². The lowest BCUT2D eigenvalue weighted by Gasteiger charge is -2.16. The predicted molar refractivity (Wildman–Crippen MR) is 82.0 cm³/mol. The minimum atomic E-state index is -0.817. The molecule has 1 amide bonds. The highest BCUT2D eigenvalue weighted by Crippen LogP contribution is 2.06. The summed E-state index contributed by atoms with van der Waals surface area (Å²) in [5.41, 5.74) is 1.16. The third-order valence-electron chi connectivity index (χ3n) is 2.95. The number of hydrogen-bond donors (Lipinski definition) is 3. The van der Waals surface area contributed by atoms with E-state index < -0.39 is 5.97 Å². The molecule has 1 aromatic rings. The van der Waals surface area contributed by atoms with Gasteiger partial charge >= 0.3 is 5.97 Å². The predicted octanol–water partition coefficient (Wildman–Crippen LogP) is 2.29. The molecule has 1 rings (SSSR count). The van der Waals surface area contributed by atoms with E-state index in [4.69, 9.17) is 5.11 Å². The molecular formula is C15H21NO3S. The Hall–Kier alpha value is -1.49. The molecule has 0 aliphatic rings. The van der Waals surface area contributed by atoms with Gasteiger partial charge in [-0.3, -0.25) is 9.59 Å². The molecule has 5 heteroatoms. The summed E-state index contributed by atoms with van der Waals surface area (Å²) in [6, 6.07) is 9.95. The number of carbonyl (C=O) groups is 2. The number of nitrogens with one attached hydrogen (secondary N) is 1. The van der Waals surface area contributed by atoms with Crippen LogP contribution in [-0.2, 0) is 16.0 Å². The standard InChI is InChI=1S/C15H21NO3S/c17-14(8-4-5-9-15(18)19)16-13(11-20)10-12-6-2-1-3-7-12/h1-3,6-7,13,20H,4-5,8-11H2,(H,16,17)(H,18,19). The quantitative estimate of drug-likeness (QED) is 0.484. The lowest BCUT2D eigenvalue weighted by molar-refractivity contribution is -0.137. The van der Waals surface area contributed by atoms with Gasteiger partial charge in [0.1, 0.15) is 0 Å². The first-order valence-electron chi connectivity index (χ1n) is 6.77. The number of benzene rings is 1. The van der Waals surface area contributed by atoms with Crippen molar-refractivity contribution in [2.45, 2.75) is 38.1 Å². The minimum Gasteiger partial charge on any atom is -0.481 e. The van der Waals surface area contributed by atoms with Gasteiger partial charge in [-0.25, -0.2) is 0 Å². The number of amides is 1. The van der Waals surface area contributed by atoms with Crippen LogP contribution in [0.2, 0.25) is 0 Å². The molecule has 0 radical (unpaired) electrons. The lowest BCUT2D eigenvalue weighted by atomic mass is 10.1. The maximum atomic E-state index is 11.8.